The largest absolute Gasteiger partial charge is 0.433 e. The Bertz CT molecular complexity index is 716. The van der Waals surface area contributed by atoms with Gasteiger partial charge in [0.15, 0.2) is 0 Å². The number of carbonyl (C=O) groups excluding carboxylic acids is 1. The first-order chi connectivity index (χ1) is 10.9. The van der Waals surface area contributed by atoms with Crippen LogP contribution in [-0.2, 0) is 13.2 Å². The fourth-order valence-corrected chi connectivity index (χ4v) is 3.35. The summed E-state index contributed by atoms with van der Waals surface area (Å²) in [6, 6.07) is 4.25. The number of alkyl halides is 3. The lowest BCUT2D eigenvalue weighted by Crippen LogP contribution is -2.46. The smallest absolute Gasteiger partial charge is 0.273 e. The van der Waals surface area contributed by atoms with E-state index in [1.165, 1.54) is 7.05 Å². The molecule has 124 valence electrons. The van der Waals surface area contributed by atoms with E-state index in [1.807, 2.05) is 0 Å². The van der Waals surface area contributed by atoms with E-state index in [2.05, 4.69) is 10.5 Å². The summed E-state index contributed by atoms with van der Waals surface area (Å²) in [5.74, 6) is -0.159. The van der Waals surface area contributed by atoms with Crippen molar-refractivity contribution in [2.45, 2.75) is 19.0 Å². The van der Waals surface area contributed by atoms with Crippen molar-refractivity contribution in [3.8, 4) is 10.6 Å². The summed E-state index contributed by atoms with van der Waals surface area (Å²) >= 11 is 1.15. The Morgan fingerprint density at radius 2 is 2.13 bits per heavy atom. The number of hydrazine groups is 1. The number of hydrogen-bond acceptors (Lipinski definition) is 4. The molecule has 0 spiro atoms. The van der Waals surface area contributed by atoms with Crippen LogP contribution >= 0.6 is 11.3 Å². The summed E-state index contributed by atoms with van der Waals surface area (Å²) in [6.07, 6.45) is -2.49. The van der Waals surface area contributed by atoms with Gasteiger partial charge in [0.05, 0.1) is 9.75 Å². The summed E-state index contributed by atoms with van der Waals surface area (Å²) in [4.78, 5) is 13.4. The number of nitrogens with one attached hydrogen (secondary N) is 1. The summed E-state index contributed by atoms with van der Waals surface area (Å²) < 4.78 is 39.3. The van der Waals surface area contributed by atoms with Crippen LogP contribution in [0.25, 0.3) is 10.6 Å². The third-order valence-corrected chi connectivity index (χ3v) is 4.69. The van der Waals surface area contributed by atoms with Crippen molar-refractivity contribution in [3.05, 3.63) is 28.8 Å². The highest BCUT2D eigenvalue weighted by atomic mass is 32.1. The van der Waals surface area contributed by atoms with E-state index in [0.717, 1.165) is 41.5 Å². The molecule has 0 saturated carbocycles. The zero-order valence-corrected chi connectivity index (χ0v) is 13.2. The first-order valence-corrected chi connectivity index (χ1v) is 7.95. The van der Waals surface area contributed by atoms with E-state index < -0.39 is 11.9 Å². The van der Waals surface area contributed by atoms with Gasteiger partial charge in [0.25, 0.3) is 5.91 Å². The number of carbonyl (C=O) groups is 1. The Morgan fingerprint density at radius 1 is 1.35 bits per heavy atom. The molecule has 5 nitrogen and oxygen atoms in total. The first kappa shape index (κ1) is 16.0. The normalized spacial score (nSPS) is 15.9. The van der Waals surface area contributed by atoms with Crippen LogP contribution < -0.4 is 5.43 Å². The monoisotopic (exact) mass is 344 g/mol. The van der Waals surface area contributed by atoms with Gasteiger partial charge in [-0.25, -0.2) is 5.43 Å². The maximum absolute atomic E-state index is 12.8. The van der Waals surface area contributed by atoms with Crippen LogP contribution in [0.5, 0.6) is 0 Å². The van der Waals surface area contributed by atoms with Crippen LogP contribution in [0.4, 0.5) is 13.2 Å². The van der Waals surface area contributed by atoms with Crippen LogP contribution in [0.1, 0.15) is 28.2 Å². The molecule has 23 heavy (non-hydrogen) atoms. The highest BCUT2D eigenvalue weighted by molar-refractivity contribution is 7.17. The number of aromatic nitrogens is 2. The molecule has 0 atom stereocenters. The number of hydrogen-bond donors (Lipinski definition) is 1. The van der Waals surface area contributed by atoms with E-state index in [4.69, 9.17) is 0 Å². The van der Waals surface area contributed by atoms with Crippen LogP contribution in [0.15, 0.2) is 18.2 Å². The second-order valence-corrected chi connectivity index (χ2v) is 6.36. The zero-order valence-electron chi connectivity index (χ0n) is 12.4. The maximum Gasteiger partial charge on any atom is 0.433 e. The van der Waals surface area contributed by atoms with Crippen LogP contribution in [0, 0.1) is 0 Å². The second kappa shape index (κ2) is 5.97. The molecule has 1 N–H and O–H groups in total. The number of rotatable bonds is 2. The minimum absolute atomic E-state index is 0.159. The predicted octanol–water partition coefficient (Wildman–Crippen LogP) is 2.91. The van der Waals surface area contributed by atoms with Gasteiger partial charge in [0.1, 0.15) is 11.4 Å². The average Bonchev–Trinajstić information content (AvgIpc) is 3.13. The fourth-order valence-electron chi connectivity index (χ4n) is 2.44. The molecule has 0 radical (unpaired) electrons. The maximum atomic E-state index is 12.8. The predicted molar refractivity (Wildman–Crippen MR) is 79.8 cm³/mol. The third kappa shape index (κ3) is 3.25. The summed E-state index contributed by atoms with van der Waals surface area (Å²) in [5.41, 5.74) is 2.43. The van der Waals surface area contributed by atoms with Crippen molar-refractivity contribution in [2.75, 3.05) is 13.1 Å². The first-order valence-electron chi connectivity index (χ1n) is 7.13. The lowest BCUT2D eigenvalue weighted by molar-refractivity contribution is -0.143. The molecule has 1 saturated heterocycles. The van der Waals surface area contributed by atoms with Gasteiger partial charge in [-0.3, -0.25) is 14.5 Å². The van der Waals surface area contributed by atoms with Crippen LogP contribution in [-0.4, -0.2) is 33.8 Å². The number of aryl methyl sites for hydroxylation is 1. The Balaban J connectivity index is 1.83. The van der Waals surface area contributed by atoms with Gasteiger partial charge in [-0.15, -0.1) is 11.3 Å². The molecule has 0 aliphatic carbocycles. The molecule has 3 rings (SSSR count). The molecule has 3 heterocycles. The lowest BCUT2D eigenvalue weighted by atomic mass is 10.2. The molecule has 2 aromatic rings. The van der Waals surface area contributed by atoms with E-state index in [0.29, 0.717) is 16.3 Å². The van der Waals surface area contributed by atoms with Crippen molar-refractivity contribution in [1.82, 2.24) is 20.2 Å². The topological polar surface area (TPSA) is 50.2 Å². The van der Waals surface area contributed by atoms with E-state index in [1.54, 1.807) is 17.1 Å². The standard InChI is InChI=1S/C14H15F3N4OS/c1-20-12(14(15,16)17)8-9(19-20)10-4-5-11(23-10)13(22)21-7-3-2-6-18-21/h4-5,8,18H,2-3,6-7H2,1H3. The zero-order chi connectivity index (χ0) is 16.6. The van der Waals surface area contributed by atoms with Gasteiger partial charge in [-0.2, -0.15) is 18.3 Å². The quantitative estimate of drug-likeness (QED) is 0.911. The second-order valence-electron chi connectivity index (χ2n) is 5.27. The SMILES string of the molecule is Cn1nc(-c2ccc(C(=O)N3CCCCN3)s2)cc1C(F)(F)F. The number of amides is 1. The van der Waals surface area contributed by atoms with E-state index >= 15 is 0 Å². The molecule has 0 bridgehead atoms. The Kier molecular flexibility index (Phi) is 4.15. The van der Waals surface area contributed by atoms with Crippen molar-refractivity contribution in [1.29, 1.82) is 0 Å². The van der Waals surface area contributed by atoms with Crippen molar-refractivity contribution < 1.29 is 18.0 Å². The van der Waals surface area contributed by atoms with Gasteiger partial charge < -0.3 is 0 Å². The molecule has 9 heteroatoms. The van der Waals surface area contributed by atoms with Gasteiger partial charge in [0, 0.05) is 20.1 Å². The minimum atomic E-state index is -4.45. The summed E-state index contributed by atoms with van der Waals surface area (Å²) in [7, 11) is 1.25. The third-order valence-electron chi connectivity index (χ3n) is 3.60. The van der Waals surface area contributed by atoms with Gasteiger partial charge in [-0.1, -0.05) is 0 Å². The van der Waals surface area contributed by atoms with E-state index in [-0.39, 0.29) is 11.6 Å². The molecule has 1 fully saturated rings. The summed E-state index contributed by atoms with van der Waals surface area (Å²) in [5, 5.41) is 5.45. The average molecular weight is 344 g/mol. The van der Waals surface area contributed by atoms with Gasteiger partial charge in [0.2, 0.25) is 0 Å². The Morgan fingerprint density at radius 3 is 2.74 bits per heavy atom. The summed E-state index contributed by atoms with van der Waals surface area (Å²) in [6.45, 7) is 1.38. The van der Waals surface area contributed by atoms with E-state index in [9.17, 15) is 18.0 Å². The molecule has 1 aliphatic rings. The van der Waals surface area contributed by atoms with Gasteiger partial charge in [-0.05, 0) is 31.0 Å². The van der Waals surface area contributed by atoms with Crippen LogP contribution in [0.2, 0.25) is 0 Å². The van der Waals surface area contributed by atoms with Crippen LogP contribution in [0.3, 0.4) is 0 Å². The van der Waals surface area contributed by atoms with Crippen molar-refractivity contribution in [3.63, 3.8) is 0 Å². The highest BCUT2D eigenvalue weighted by Gasteiger charge is 2.35. The highest BCUT2D eigenvalue weighted by Crippen LogP contribution is 2.34. The Labute approximate surface area is 134 Å². The molecule has 0 unspecified atom stereocenters. The molecule has 2 aromatic heterocycles. The Hall–Kier alpha value is -1.87. The number of thiophene rings is 1. The number of halogens is 3. The number of nitrogens with zero attached hydrogens (tertiary/aromatic N) is 3. The van der Waals surface area contributed by atoms with Gasteiger partial charge >= 0.3 is 6.18 Å². The molecule has 1 aliphatic heterocycles. The van der Waals surface area contributed by atoms with Crippen molar-refractivity contribution in [2.24, 2.45) is 7.05 Å². The molecular formula is C14H15F3N4OS. The fraction of sp³-hybridized carbons (Fsp3) is 0.429. The minimum Gasteiger partial charge on any atom is -0.273 e. The lowest BCUT2D eigenvalue weighted by Gasteiger charge is -2.27. The molecule has 0 aromatic carbocycles. The van der Waals surface area contributed by atoms with Crippen molar-refractivity contribution >= 4 is 17.2 Å². The molecular weight excluding hydrogens is 329 g/mol. The molecule has 1 amide bonds.